The highest BCUT2D eigenvalue weighted by molar-refractivity contribution is 5.95. The molecule has 8 N–H and O–H groups in total. The first-order valence-corrected chi connectivity index (χ1v) is 12.5. The Kier molecular flexibility index (Phi) is 16.4. The Labute approximate surface area is 204 Å². The number of unbranched alkanes of at least 4 members (excludes halogenated alkanes) is 1. The van der Waals surface area contributed by atoms with Crippen molar-refractivity contribution in [1.82, 2.24) is 16.0 Å². The van der Waals surface area contributed by atoms with Crippen LogP contribution in [-0.4, -0.2) is 65.9 Å². The summed E-state index contributed by atoms with van der Waals surface area (Å²) in [5, 5.41) is 17.9. The number of nitrogens with two attached hydrogens (primary N) is 2. The predicted molar refractivity (Wildman–Crippen MR) is 133 cm³/mol. The third kappa shape index (κ3) is 12.4. The number of Topliss-reactive ketones (excluding diaryl/α,β-unsaturated/α-hetero) is 1. The van der Waals surface area contributed by atoms with Crippen molar-refractivity contribution < 1.29 is 24.3 Å². The Hall–Kier alpha value is -2.04. The summed E-state index contributed by atoms with van der Waals surface area (Å²) in [6.07, 6.45) is 3.28. The average Bonchev–Trinajstić information content (AvgIpc) is 2.78. The van der Waals surface area contributed by atoms with E-state index in [1.54, 1.807) is 13.8 Å². The number of nitrogens with one attached hydrogen (secondary N) is 3. The lowest BCUT2D eigenvalue weighted by Crippen LogP contribution is -2.59. The van der Waals surface area contributed by atoms with Gasteiger partial charge in [-0.1, -0.05) is 47.0 Å². The molecule has 0 aromatic rings. The molecule has 0 saturated carbocycles. The molecule has 34 heavy (non-hydrogen) atoms. The van der Waals surface area contributed by atoms with Gasteiger partial charge in [0.25, 0.3) is 0 Å². The zero-order valence-electron chi connectivity index (χ0n) is 21.6. The lowest BCUT2D eigenvalue weighted by Gasteiger charge is -2.27. The summed E-state index contributed by atoms with van der Waals surface area (Å²) in [6, 6.07) is -3.05. The molecule has 0 aliphatic carbocycles. The first-order valence-electron chi connectivity index (χ1n) is 12.5. The van der Waals surface area contributed by atoms with Crippen LogP contribution < -0.4 is 27.4 Å². The summed E-state index contributed by atoms with van der Waals surface area (Å²) in [5.41, 5.74) is 11.2. The topological polar surface area (TPSA) is 177 Å². The summed E-state index contributed by atoms with van der Waals surface area (Å²) in [4.78, 5) is 50.4. The number of aliphatic hydroxyl groups is 1. The average molecular weight is 486 g/mol. The second kappa shape index (κ2) is 17.4. The zero-order chi connectivity index (χ0) is 26.3. The van der Waals surface area contributed by atoms with Gasteiger partial charge < -0.3 is 32.5 Å². The molecule has 0 aliphatic heterocycles. The number of hydrogen-bond acceptors (Lipinski definition) is 7. The minimum atomic E-state index is -1.31. The van der Waals surface area contributed by atoms with Crippen LogP contribution in [0.4, 0.5) is 0 Å². The van der Waals surface area contributed by atoms with E-state index in [-0.39, 0.29) is 43.5 Å². The van der Waals surface area contributed by atoms with Crippen molar-refractivity contribution in [3.8, 4) is 0 Å². The standard InChI is InChI=1S/C24H47N5O5/c1-6-16(4)9-7-8-10-20(31)27-19(12-14-26)23(33)29-21(17(5)30)24(34)28-18(11-13-25)22(32)15(2)3/h15-19,21,30H,6-14,25-26H2,1-5H3,(H,27,31)(H,28,34)(H,29,33)/t16?,17?,18-,19-,21-/m0/s1. The number of rotatable bonds is 18. The molecule has 0 spiro atoms. The molecule has 0 heterocycles. The minimum absolute atomic E-state index is 0.152. The van der Waals surface area contributed by atoms with Crippen LogP contribution in [-0.2, 0) is 19.2 Å². The van der Waals surface area contributed by atoms with Gasteiger partial charge in [0.05, 0.1) is 12.1 Å². The Morgan fingerprint density at radius 2 is 1.38 bits per heavy atom. The highest BCUT2D eigenvalue weighted by Gasteiger charge is 2.32. The third-order valence-electron chi connectivity index (χ3n) is 5.90. The monoisotopic (exact) mass is 485 g/mol. The molecule has 0 fully saturated rings. The number of amides is 3. The van der Waals surface area contributed by atoms with E-state index in [0.29, 0.717) is 12.3 Å². The smallest absolute Gasteiger partial charge is 0.245 e. The Morgan fingerprint density at radius 3 is 1.88 bits per heavy atom. The molecular weight excluding hydrogens is 438 g/mol. The van der Waals surface area contributed by atoms with Crippen molar-refractivity contribution in [2.45, 2.75) is 104 Å². The lowest BCUT2D eigenvalue weighted by atomic mass is 9.98. The van der Waals surface area contributed by atoms with Crippen molar-refractivity contribution >= 4 is 23.5 Å². The minimum Gasteiger partial charge on any atom is -0.391 e. The second-order valence-corrected chi connectivity index (χ2v) is 9.38. The van der Waals surface area contributed by atoms with Crippen LogP contribution >= 0.6 is 0 Å². The van der Waals surface area contributed by atoms with E-state index in [1.165, 1.54) is 6.92 Å². The molecule has 10 nitrogen and oxygen atoms in total. The van der Waals surface area contributed by atoms with Crippen molar-refractivity contribution in [3.05, 3.63) is 0 Å². The van der Waals surface area contributed by atoms with Crippen LogP contribution in [0, 0.1) is 11.8 Å². The number of carbonyl (C=O) groups excluding carboxylic acids is 4. The summed E-state index contributed by atoms with van der Waals surface area (Å²) in [6.45, 7) is 9.45. The highest BCUT2D eigenvalue weighted by atomic mass is 16.3. The molecule has 0 bridgehead atoms. The van der Waals surface area contributed by atoms with Gasteiger partial charge in [0.1, 0.15) is 12.1 Å². The van der Waals surface area contributed by atoms with Gasteiger partial charge in [-0.15, -0.1) is 0 Å². The van der Waals surface area contributed by atoms with Crippen molar-refractivity contribution in [2.75, 3.05) is 13.1 Å². The van der Waals surface area contributed by atoms with Gasteiger partial charge in [0.15, 0.2) is 5.78 Å². The lowest BCUT2D eigenvalue weighted by molar-refractivity contribution is -0.136. The third-order valence-corrected chi connectivity index (χ3v) is 5.90. The molecule has 198 valence electrons. The molecule has 0 radical (unpaired) electrons. The van der Waals surface area contributed by atoms with E-state index in [1.807, 2.05) is 0 Å². The molecule has 5 atom stereocenters. The van der Waals surface area contributed by atoms with Gasteiger partial charge in [-0.05, 0) is 45.2 Å². The van der Waals surface area contributed by atoms with Crippen LogP contribution in [0.1, 0.15) is 79.6 Å². The van der Waals surface area contributed by atoms with E-state index < -0.39 is 36.0 Å². The van der Waals surface area contributed by atoms with Crippen molar-refractivity contribution in [2.24, 2.45) is 23.3 Å². The maximum Gasteiger partial charge on any atom is 0.245 e. The zero-order valence-corrected chi connectivity index (χ0v) is 21.6. The van der Waals surface area contributed by atoms with E-state index in [2.05, 4.69) is 29.8 Å². The van der Waals surface area contributed by atoms with Crippen LogP contribution in [0.25, 0.3) is 0 Å². The molecule has 0 aromatic heterocycles. The molecular formula is C24H47N5O5. The number of aliphatic hydroxyl groups excluding tert-OH is 1. The number of ketones is 1. The first kappa shape index (κ1) is 32.0. The molecule has 0 aliphatic rings. The van der Waals surface area contributed by atoms with Gasteiger partial charge in [0, 0.05) is 12.3 Å². The van der Waals surface area contributed by atoms with E-state index in [4.69, 9.17) is 11.5 Å². The SMILES string of the molecule is CCC(C)CCCCC(=O)N[C@@H](CCN)C(=O)N[C@H](C(=O)N[C@@H](CCN)C(=O)C(C)C)C(C)O. The molecule has 0 saturated heterocycles. The van der Waals surface area contributed by atoms with Gasteiger partial charge >= 0.3 is 0 Å². The normalized spacial score (nSPS) is 15.7. The molecule has 2 unspecified atom stereocenters. The summed E-state index contributed by atoms with van der Waals surface area (Å²) >= 11 is 0. The van der Waals surface area contributed by atoms with Crippen LogP contribution in [0.15, 0.2) is 0 Å². The van der Waals surface area contributed by atoms with Crippen molar-refractivity contribution in [3.63, 3.8) is 0 Å². The predicted octanol–water partition coefficient (Wildman–Crippen LogP) is 0.351. The van der Waals surface area contributed by atoms with Crippen molar-refractivity contribution in [1.29, 1.82) is 0 Å². The molecule has 0 rings (SSSR count). The van der Waals surface area contributed by atoms with Crippen LogP contribution in [0.5, 0.6) is 0 Å². The summed E-state index contributed by atoms with van der Waals surface area (Å²) in [7, 11) is 0. The maximum absolute atomic E-state index is 12.8. The summed E-state index contributed by atoms with van der Waals surface area (Å²) in [5.74, 6) is -1.46. The van der Waals surface area contributed by atoms with Gasteiger partial charge in [-0.2, -0.15) is 0 Å². The fraction of sp³-hybridized carbons (Fsp3) is 0.833. The van der Waals surface area contributed by atoms with Gasteiger partial charge in [-0.25, -0.2) is 0 Å². The summed E-state index contributed by atoms with van der Waals surface area (Å²) < 4.78 is 0. The highest BCUT2D eigenvalue weighted by Crippen LogP contribution is 2.12. The number of carbonyl (C=O) groups is 4. The fourth-order valence-corrected chi connectivity index (χ4v) is 3.46. The Bertz CT molecular complexity index is 641. The quantitative estimate of drug-likeness (QED) is 0.152. The Balaban J connectivity index is 5.10. The second-order valence-electron chi connectivity index (χ2n) is 9.38. The molecule has 3 amide bonds. The number of hydrogen-bond donors (Lipinski definition) is 6. The Morgan fingerprint density at radius 1 is 0.794 bits per heavy atom. The molecule has 10 heteroatoms. The molecule has 0 aromatic carbocycles. The van der Waals surface area contributed by atoms with E-state index >= 15 is 0 Å². The van der Waals surface area contributed by atoms with Gasteiger partial charge in [-0.3, -0.25) is 19.2 Å². The van der Waals surface area contributed by atoms with Gasteiger partial charge in [0.2, 0.25) is 17.7 Å². The maximum atomic E-state index is 12.8. The van der Waals surface area contributed by atoms with Crippen LogP contribution in [0.3, 0.4) is 0 Å². The largest absolute Gasteiger partial charge is 0.391 e. The van der Waals surface area contributed by atoms with E-state index in [9.17, 15) is 24.3 Å². The fourth-order valence-electron chi connectivity index (χ4n) is 3.46. The first-order chi connectivity index (χ1) is 16.0. The van der Waals surface area contributed by atoms with Crippen LogP contribution in [0.2, 0.25) is 0 Å². The van der Waals surface area contributed by atoms with E-state index in [0.717, 1.165) is 25.7 Å².